The number of anilines is 1. The lowest BCUT2D eigenvalue weighted by atomic mass is 10.2. The normalized spacial score (nSPS) is 18.5. The predicted octanol–water partition coefficient (Wildman–Crippen LogP) is 0.515. The quantitative estimate of drug-likeness (QED) is 0.591. The Labute approximate surface area is 113 Å². The number of rotatable bonds is 5. The van der Waals surface area contributed by atoms with Crippen LogP contribution in [0.1, 0.15) is 10.4 Å². The average Bonchev–Trinajstić information content (AvgIpc) is 2.45. The van der Waals surface area contributed by atoms with Crippen LogP contribution in [0.2, 0.25) is 0 Å². The van der Waals surface area contributed by atoms with Gasteiger partial charge in [-0.2, -0.15) is 0 Å². The average molecular weight is 283 g/mol. The molecule has 1 atom stereocenters. The number of hydrogen-bond donors (Lipinski definition) is 2. The molecule has 1 fully saturated rings. The molecule has 0 bridgehead atoms. The van der Waals surface area contributed by atoms with Gasteiger partial charge in [-0.1, -0.05) is 0 Å². The van der Waals surface area contributed by atoms with Gasteiger partial charge in [0, 0.05) is 18.8 Å². The highest BCUT2D eigenvalue weighted by Crippen LogP contribution is 2.23. The summed E-state index contributed by atoms with van der Waals surface area (Å²) < 4.78 is 10.6. The van der Waals surface area contributed by atoms with Crippen molar-refractivity contribution in [1.82, 2.24) is 4.98 Å². The van der Waals surface area contributed by atoms with Crippen LogP contribution in [-0.2, 0) is 9.47 Å². The number of pyridine rings is 1. The van der Waals surface area contributed by atoms with Crippen molar-refractivity contribution in [3.63, 3.8) is 0 Å². The molecule has 108 valence electrons. The number of nitro groups is 1. The third kappa shape index (κ3) is 3.39. The van der Waals surface area contributed by atoms with E-state index in [1.54, 1.807) is 0 Å². The monoisotopic (exact) mass is 283 g/mol. The van der Waals surface area contributed by atoms with Crippen molar-refractivity contribution in [3.8, 4) is 0 Å². The molecule has 1 aliphatic heterocycles. The maximum absolute atomic E-state index is 10.9. The van der Waals surface area contributed by atoms with Crippen LogP contribution < -0.4 is 5.32 Å². The van der Waals surface area contributed by atoms with Crippen LogP contribution in [0, 0.1) is 10.1 Å². The minimum absolute atomic E-state index is 0.00849. The van der Waals surface area contributed by atoms with Gasteiger partial charge in [0.05, 0.1) is 36.4 Å². The lowest BCUT2D eigenvalue weighted by Crippen LogP contribution is -2.34. The maximum Gasteiger partial charge on any atom is 0.337 e. The smallest absolute Gasteiger partial charge is 0.337 e. The molecule has 0 aliphatic carbocycles. The third-order valence-corrected chi connectivity index (χ3v) is 2.69. The minimum Gasteiger partial charge on any atom is -0.478 e. The number of carbonyl (C=O) groups is 1. The largest absolute Gasteiger partial charge is 0.478 e. The van der Waals surface area contributed by atoms with Gasteiger partial charge in [-0.3, -0.25) is 10.1 Å². The zero-order chi connectivity index (χ0) is 14.5. The topological polar surface area (TPSA) is 124 Å². The third-order valence-electron chi connectivity index (χ3n) is 2.69. The summed E-state index contributed by atoms with van der Waals surface area (Å²) in [6.07, 6.45) is 0.847. The summed E-state index contributed by atoms with van der Waals surface area (Å²) in [6.45, 7) is 1.69. The van der Waals surface area contributed by atoms with Crippen molar-refractivity contribution in [2.24, 2.45) is 0 Å². The van der Waals surface area contributed by atoms with Crippen LogP contribution in [0.5, 0.6) is 0 Å². The van der Waals surface area contributed by atoms with Crippen LogP contribution >= 0.6 is 0 Å². The Morgan fingerprint density at radius 2 is 2.40 bits per heavy atom. The van der Waals surface area contributed by atoms with E-state index in [0.717, 1.165) is 12.3 Å². The molecule has 1 aromatic heterocycles. The van der Waals surface area contributed by atoms with E-state index >= 15 is 0 Å². The summed E-state index contributed by atoms with van der Waals surface area (Å²) in [5.74, 6) is -1.26. The maximum atomic E-state index is 10.9. The molecule has 9 nitrogen and oxygen atoms in total. The molecular weight excluding hydrogens is 270 g/mol. The van der Waals surface area contributed by atoms with Crippen molar-refractivity contribution in [2.75, 3.05) is 31.7 Å². The van der Waals surface area contributed by atoms with E-state index in [0.29, 0.717) is 26.4 Å². The predicted molar refractivity (Wildman–Crippen MR) is 66.9 cm³/mol. The van der Waals surface area contributed by atoms with Crippen LogP contribution in [0.4, 0.5) is 11.5 Å². The fourth-order valence-electron chi connectivity index (χ4n) is 1.71. The molecule has 1 aromatic rings. The van der Waals surface area contributed by atoms with Gasteiger partial charge in [0.1, 0.15) is 0 Å². The lowest BCUT2D eigenvalue weighted by Gasteiger charge is -2.23. The van der Waals surface area contributed by atoms with E-state index in [-0.39, 0.29) is 23.2 Å². The first-order valence-electron chi connectivity index (χ1n) is 5.89. The SMILES string of the molecule is O=C(O)c1cnc(NCC2COCCO2)c([N+](=O)[O-])c1. The Morgan fingerprint density at radius 1 is 1.60 bits per heavy atom. The summed E-state index contributed by atoms with van der Waals surface area (Å²) in [4.78, 5) is 24.8. The van der Waals surface area contributed by atoms with E-state index in [2.05, 4.69) is 10.3 Å². The first-order chi connectivity index (χ1) is 9.58. The molecule has 0 spiro atoms. The molecular formula is C11H13N3O6. The number of nitrogens with one attached hydrogen (secondary N) is 1. The number of carboxylic acids is 1. The number of aromatic nitrogens is 1. The van der Waals surface area contributed by atoms with Gasteiger partial charge < -0.3 is 19.9 Å². The van der Waals surface area contributed by atoms with Gasteiger partial charge in [0.2, 0.25) is 5.82 Å². The van der Waals surface area contributed by atoms with E-state index in [4.69, 9.17) is 14.6 Å². The summed E-state index contributed by atoms with van der Waals surface area (Å²) in [6, 6.07) is 0.968. The van der Waals surface area contributed by atoms with Gasteiger partial charge in [0.15, 0.2) is 0 Å². The zero-order valence-electron chi connectivity index (χ0n) is 10.4. The second-order valence-corrected chi connectivity index (χ2v) is 4.10. The van der Waals surface area contributed by atoms with E-state index in [1.807, 2.05) is 0 Å². The number of ether oxygens (including phenoxy) is 2. The summed E-state index contributed by atoms with van der Waals surface area (Å²) >= 11 is 0. The second-order valence-electron chi connectivity index (χ2n) is 4.10. The van der Waals surface area contributed by atoms with Crippen molar-refractivity contribution < 1.29 is 24.3 Å². The zero-order valence-corrected chi connectivity index (χ0v) is 10.4. The molecule has 2 N–H and O–H groups in total. The molecule has 1 aliphatic rings. The molecule has 0 amide bonds. The van der Waals surface area contributed by atoms with Crippen LogP contribution in [0.15, 0.2) is 12.3 Å². The molecule has 1 unspecified atom stereocenters. The van der Waals surface area contributed by atoms with Crippen molar-refractivity contribution in [1.29, 1.82) is 0 Å². The number of hydrogen-bond acceptors (Lipinski definition) is 7. The Balaban J connectivity index is 2.09. The van der Waals surface area contributed by atoms with Crippen LogP contribution in [0.3, 0.4) is 0 Å². The Morgan fingerprint density at radius 3 is 3.00 bits per heavy atom. The van der Waals surface area contributed by atoms with Crippen molar-refractivity contribution in [2.45, 2.75) is 6.10 Å². The van der Waals surface area contributed by atoms with Gasteiger partial charge in [-0.15, -0.1) is 0 Å². The molecule has 1 saturated heterocycles. The Bertz CT molecular complexity index is 515. The van der Waals surface area contributed by atoms with E-state index in [1.165, 1.54) is 0 Å². The fourth-order valence-corrected chi connectivity index (χ4v) is 1.71. The molecule has 2 heterocycles. The summed E-state index contributed by atoms with van der Waals surface area (Å²) in [5, 5.41) is 22.5. The first-order valence-corrected chi connectivity index (χ1v) is 5.89. The van der Waals surface area contributed by atoms with Crippen molar-refractivity contribution in [3.05, 3.63) is 27.9 Å². The number of nitrogens with zero attached hydrogens (tertiary/aromatic N) is 2. The van der Waals surface area contributed by atoms with Gasteiger partial charge in [-0.05, 0) is 0 Å². The lowest BCUT2D eigenvalue weighted by molar-refractivity contribution is -0.384. The van der Waals surface area contributed by atoms with Crippen LogP contribution in [0.25, 0.3) is 0 Å². The van der Waals surface area contributed by atoms with Gasteiger partial charge >= 0.3 is 11.7 Å². The highest BCUT2D eigenvalue weighted by molar-refractivity contribution is 5.88. The van der Waals surface area contributed by atoms with Crippen molar-refractivity contribution >= 4 is 17.5 Å². The number of carboxylic acid groups (broad SMARTS) is 1. The first kappa shape index (κ1) is 14.2. The highest BCUT2D eigenvalue weighted by atomic mass is 16.6. The molecule has 9 heteroatoms. The van der Waals surface area contributed by atoms with Crippen LogP contribution in [-0.4, -0.2) is 53.5 Å². The van der Waals surface area contributed by atoms with Gasteiger partial charge in [0.25, 0.3) is 0 Å². The number of aromatic carboxylic acids is 1. The van der Waals surface area contributed by atoms with E-state index < -0.39 is 10.9 Å². The Kier molecular flexibility index (Phi) is 4.43. The molecule has 20 heavy (non-hydrogen) atoms. The second kappa shape index (κ2) is 6.26. The fraction of sp³-hybridized carbons (Fsp3) is 0.455. The minimum atomic E-state index is -1.27. The summed E-state index contributed by atoms with van der Waals surface area (Å²) in [5.41, 5.74) is -0.624. The molecule has 0 radical (unpaired) electrons. The molecule has 0 aromatic carbocycles. The standard InChI is InChI=1S/C11H13N3O6/c15-11(16)7-3-9(14(17)18)10(12-4-7)13-5-8-6-19-1-2-20-8/h3-4,8H,1-2,5-6H2,(H,12,13)(H,15,16). The summed E-state index contributed by atoms with van der Waals surface area (Å²) in [7, 11) is 0. The Hall–Kier alpha value is -2.26. The van der Waals surface area contributed by atoms with Gasteiger partial charge in [-0.25, -0.2) is 9.78 Å². The van der Waals surface area contributed by atoms with E-state index in [9.17, 15) is 14.9 Å². The molecule has 2 rings (SSSR count). The highest BCUT2D eigenvalue weighted by Gasteiger charge is 2.21. The molecule has 0 saturated carbocycles.